The SMILES string of the molecule is C=C/C(=C\c1ccc(C2C=CC=C3C4=CCC=CC=C4c4cccc2c43)cc1C)n1c2ccccc2c2c3ccccc3c3ccccc3c21. The van der Waals surface area contributed by atoms with Crippen molar-refractivity contribution in [2.75, 3.05) is 0 Å². The fraction of sp³-hybridized carbons (Fsp3) is 0.0612. The molecular weight excluding hydrogens is 603 g/mol. The first kappa shape index (κ1) is 28.8. The number of para-hydroxylation sites is 1. The predicted octanol–water partition coefficient (Wildman–Crippen LogP) is 13.0. The summed E-state index contributed by atoms with van der Waals surface area (Å²) in [6.07, 6.45) is 21.3. The normalized spacial score (nSPS) is 16.6. The molecule has 0 N–H and O–H groups in total. The van der Waals surface area contributed by atoms with Crippen molar-refractivity contribution >= 4 is 66.3 Å². The zero-order valence-electron chi connectivity index (χ0n) is 28.0. The minimum Gasteiger partial charge on any atom is -0.309 e. The minimum absolute atomic E-state index is 0.172. The number of aromatic nitrogens is 1. The standard InChI is InChI=1S/C49H35N/c1-3-34(50-46-26-12-11-21-45(46)48-43-19-9-7-17-38(43)39-18-8-10-20-44(39)49(48)50)30-32-27-28-33(29-31(32)2)35-22-13-24-41-36-15-5-4-6-16-37(36)42-25-14-23-40(35)47(41)42/h3-4,6-30,35H,1,5H2,2H3/b34-30+. The van der Waals surface area contributed by atoms with Crippen LogP contribution < -0.4 is 0 Å². The lowest BCUT2D eigenvalue weighted by atomic mass is 9.85. The van der Waals surface area contributed by atoms with E-state index in [1.807, 2.05) is 6.08 Å². The van der Waals surface area contributed by atoms with Crippen molar-refractivity contribution in [2.45, 2.75) is 19.3 Å². The second kappa shape index (κ2) is 11.2. The second-order valence-corrected chi connectivity index (χ2v) is 13.6. The van der Waals surface area contributed by atoms with Gasteiger partial charge in [0.15, 0.2) is 0 Å². The Labute approximate surface area is 292 Å². The average molecular weight is 638 g/mol. The third kappa shape index (κ3) is 4.13. The lowest BCUT2D eigenvalue weighted by Crippen LogP contribution is -2.02. The quantitative estimate of drug-likeness (QED) is 0.134. The smallest absolute Gasteiger partial charge is 0.0625 e. The first-order valence-corrected chi connectivity index (χ1v) is 17.6. The van der Waals surface area contributed by atoms with E-state index in [9.17, 15) is 0 Å². The summed E-state index contributed by atoms with van der Waals surface area (Å²) in [6.45, 7) is 6.61. The molecule has 10 rings (SSSR count). The van der Waals surface area contributed by atoms with Crippen molar-refractivity contribution in [1.29, 1.82) is 0 Å². The molecule has 0 aliphatic heterocycles. The molecule has 0 radical (unpaired) electrons. The maximum absolute atomic E-state index is 4.37. The lowest BCUT2D eigenvalue weighted by molar-refractivity contribution is 1.02. The van der Waals surface area contributed by atoms with Crippen LogP contribution in [0.1, 0.15) is 45.7 Å². The maximum atomic E-state index is 4.37. The molecule has 6 aromatic carbocycles. The second-order valence-electron chi connectivity index (χ2n) is 13.6. The molecular formula is C49H35N. The summed E-state index contributed by atoms with van der Waals surface area (Å²) in [5, 5.41) is 7.62. The molecule has 236 valence electrons. The molecule has 1 unspecified atom stereocenters. The van der Waals surface area contributed by atoms with E-state index >= 15 is 0 Å². The highest BCUT2D eigenvalue weighted by molar-refractivity contribution is 6.32. The Kier molecular flexibility index (Phi) is 6.44. The van der Waals surface area contributed by atoms with Crippen LogP contribution >= 0.6 is 0 Å². The van der Waals surface area contributed by atoms with Gasteiger partial charge in [0.25, 0.3) is 0 Å². The Hall–Kier alpha value is -6.18. The molecule has 0 fully saturated rings. The van der Waals surface area contributed by atoms with E-state index in [2.05, 4.69) is 176 Å². The molecule has 0 saturated carbocycles. The van der Waals surface area contributed by atoms with Crippen LogP contribution in [0.2, 0.25) is 0 Å². The van der Waals surface area contributed by atoms with Gasteiger partial charge in [0.1, 0.15) is 0 Å². The van der Waals surface area contributed by atoms with Gasteiger partial charge in [-0.25, -0.2) is 0 Å². The van der Waals surface area contributed by atoms with Gasteiger partial charge in [-0.2, -0.15) is 0 Å². The Morgan fingerprint density at radius 1 is 0.720 bits per heavy atom. The van der Waals surface area contributed by atoms with Crippen LogP contribution in [0.4, 0.5) is 0 Å². The highest BCUT2D eigenvalue weighted by Gasteiger charge is 2.31. The molecule has 1 heteroatoms. The van der Waals surface area contributed by atoms with Crippen LogP contribution in [0.15, 0.2) is 170 Å². The molecule has 3 aliphatic rings. The molecule has 0 bridgehead atoms. The zero-order valence-corrected chi connectivity index (χ0v) is 28.0. The topological polar surface area (TPSA) is 4.93 Å². The van der Waals surface area contributed by atoms with Gasteiger partial charge in [0.05, 0.1) is 11.0 Å². The van der Waals surface area contributed by atoms with Gasteiger partial charge in [0.2, 0.25) is 0 Å². The summed E-state index contributed by atoms with van der Waals surface area (Å²) < 4.78 is 2.43. The van der Waals surface area contributed by atoms with Gasteiger partial charge in [-0.1, -0.05) is 152 Å². The van der Waals surface area contributed by atoms with E-state index in [4.69, 9.17) is 0 Å². The fourth-order valence-electron chi connectivity index (χ4n) is 8.76. The van der Waals surface area contributed by atoms with E-state index in [1.54, 1.807) is 0 Å². The first-order chi connectivity index (χ1) is 24.7. The van der Waals surface area contributed by atoms with Gasteiger partial charge in [-0.3, -0.25) is 0 Å². The Morgan fingerprint density at radius 3 is 2.28 bits per heavy atom. The Morgan fingerprint density at radius 2 is 1.46 bits per heavy atom. The average Bonchev–Trinajstić information content (AvgIpc) is 3.41. The molecule has 1 aromatic heterocycles. The summed E-state index contributed by atoms with van der Waals surface area (Å²) in [6, 6.07) is 40.3. The van der Waals surface area contributed by atoms with Gasteiger partial charge >= 0.3 is 0 Å². The number of rotatable bonds is 4. The molecule has 0 saturated heterocycles. The van der Waals surface area contributed by atoms with Crippen molar-refractivity contribution in [1.82, 2.24) is 4.57 Å². The van der Waals surface area contributed by atoms with E-state index in [0.717, 1.165) is 12.1 Å². The molecule has 7 aromatic rings. The van der Waals surface area contributed by atoms with Crippen LogP contribution in [0.5, 0.6) is 0 Å². The summed E-state index contributed by atoms with van der Waals surface area (Å²) in [7, 11) is 0. The van der Waals surface area contributed by atoms with Crippen molar-refractivity contribution in [3.63, 3.8) is 0 Å². The number of hydrogen-bond acceptors (Lipinski definition) is 0. The molecule has 1 heterocycles. The number of allylic oxidation sites excluding steroid dienone is 12. The number of fused-ring (bicyclic) bond motifs is 11. The number of benzene rings is 6. The largest absolute Gasteiger partial charge is 0.309 e. The minimum atomic E-state index is 0.172. The number of nitrogens with zero attached hydrogens (tertiary/aromatic N) is 1. The molecule has 1 atom stereocenters. The Bertz CT molecular complexity index is 2800. The van der Waals surface area contributed by atoms with Crippen molar-refractivity contribution in [2.24, 2.45) is 0 Å². The van der Waals surface area contributed by atoms with Gasteiger partial charge < -0.3 is 4.57 Å². The zero-order chi connectivity index (χ0) is 33.3. The molecule has 0 spiro atoms. The predicted molar refractivity (Wildman–Crippen MR) is 215 cm³/mol. The third-order valence-corrected chi connectivity index (χ3v) is 11.0. The number of aryl methyl sites for hydroxylation is 1. The van der Waals surface area contributed by atoms with Crippen LogP contribution in [0.25, 0.3) is 66.3 Å². The van der Waals surface area contributed by atoms with Crippen molar-refractivity contribution < 1.29 is 0 Å². The van der Waals surface area contributed by atoms with E-state index in [0.29, 0.717) is 0 Å². The highest BCUT2D eigenvalue weighted by atomic mass is 15.0. The van der Waals surface area contributed by atoms with Gasteiger partial charge in [-0.15, -0.1) is 0 Å². The lowest BCUT2D eigenvalue weighted by Gasteiger charge is -2.19. The summed E-state index contributed by atoms with van der Waals surface area (Å²) in [4.78, 5) is 0. The van der Waals surface area contributed by atoms with Crippen LogP contribution in [0.3, 0.4) is 0 Å². The van der Waals surface area contributed by atoms with Crippen molar-refractivity contribution in [3.8, 4) is 0 Å². The first-order valence-electron chi connectivity index (χ1n) is 17.6. The van der Waals surface area contributed by atoms with Crippen LogP contribution in [-0.2, 0) is 0 Å². The summed E-state index contributed by atoms with van der Waals surface area (Å²) in [5.41, 5.74) is 15.4. The molecule has 1 nitrogen and oxygen atoms in total. The number of hydrogen-bond donors (Lipinski definition) is 0. The van der Waals surface area contributed by atoms with Crippen LogP contribution in [-0.4, -0.2) is 4.57 Å². The highest BCUT2D eigenvalue weighted by Crippen LogP contribution is 2.51. The molecule has 3 aliphatic carbocycles. The maximum Gasteiger partial charge on any atom is 0.0625 e. The van der Waals surface area contributed by atoms with Crippen LogP contribution in [0, 0.1) is 6.92 Å². The van der Waals surface area contributed by atoms with E-state index in [-0.39, 0.29) is 5.92 Å². The van der Waals surface area contributed by atoms with Gasteiger partial charge in [-0.05, 0) is 97.8 Å². The Balaban J connectivity index is 1.13. The monoisotopic (exact) mass is 637 g/mol. The molecule has 50 heavy (non-hydrogen) atoms. The van der Waals surface area contributed by atoms with Crippen molar-refractivity contribution in [3.05, 3.63) is 203 Å². The van der Waals surface area contributed by atoms with Gasteiger partial charge in [0, 0.05) is 27.8 Å². The summed E-state index contributed by atoms with van der Waals surface area (Å²) >= 11 is 0. The fourth-order valence-corrected chi connectivity index (χ4v) is 8.76. The summed E-state index contributed by atoms with van der Waals surface area (Å²) in [5.74, 6) is 0.172. The van der Waals surface area contributed by atoms with E-state index < -0.39 is 0 Å². The third-order valence-electron chi connectivity index (χ3n) is 11.0. The molecule has 0 amide bonds. The van der Waals surface area contributed by atoms with E-state index in [1.165, 1.54) is 93.5 Å².